The van der Waals surface area contributed by atoms with Gasteiger partial charge in [0.2, 0.25) is 0 Å². The van der Waals surface area contributed by atoms with Crippen LogP contribution in [0.2, 0.25) is 0 Å². The molecule has 0 aliphatic carbocycles. The molecule has 1 aromatic heterocycles. The first-order chi connectivity index (χ1) is 10.1. The highest BCUT2D eigenvalue weighted by Gasteiger charge is 2.12. The fraction of sp³-hybridized carbons (Fsp3) is 0.278. The number of nitrogens with zero attached hydrogens (tertiary/aromatic N) is 2. The van der Waals surface area contributed by atoms with E-state index in [0.717, 1.165) is 17.6 Å². The molecule has 3 aromatic rings. The van der Waals surface area contributed by atoms with Crippen molar-refractivity contribution >= 4 is 11.0 Å². The van der Waals surface area contributed by atoms with Gasteiger partial charge in [0, 0.05) is 12.6 Å². The molecule has 0 aliphatic heterocycles. The van der Waals surface area contributed by atoms with E-state index in [2.05, 4.69) is 54.6 Å². The lowest BCUT2D eigenvalue weighted by Gasteiger charge is -2.16. The molecular formula is C18H21N3. The Labute approximate surface area is 125 Å². The molecule has 0 bridgehead atoms. The summed E-state index contributed by atoms with van der Waals surface area (Å²) in [5.74, 6) is 0. The van der Waals surface area contributed by atoms with Crippen LogP contribution in [0.15, 0.2) is 42.7 Å². The third-order valence-corrected chi connectivity index (χ3v) is 4.22. The second-order valence-corrected chi connectivity index (χ2v) is 5.79. The first-order valence-corrected chi connectivity index (χ1v) is 7.29. The minimum Gasteiger partial charge on any atom is -0.329 e. The molecule has 0 spiro atoms. The number of aromatic nitrogens is 2. The van der Waals surface area contributed by atoms with E-state index >= 15 is 0 Å². The quantitative estimate of drug-likeness (QED) is 0.795. The van der Waals surface area contributed by atoms with Crippen LogP contribution in [0.4, 0.5) is 0 Å². The Hall–Kier alpha value is -2.13. The van der Waals surface area contributed by atoms with E-state index in [9.17, 15) is 0 Å². The lowest BCUT2D eigenvalue weighted by Crippen LogP contribution is -2.18. The molecule has 0 amide bonds. The Balaban J connectivity index is 1.95. The van der Waals surface area contributed by atoms with Gasteiger partial charge < -0.3 is 10.3 Å². The zero-order valence-electron chi connectivity index (χ0n) is 12.8. The van der Waals surface area contributed by atoms with Gasteiger partial charge in [-0.25, -0.2) is 4.98 Å². The van der Waals surface area contributed by atoms with Gasteiger partial charge in [-0.05, 0) is 55.2 Å². The zero-order chi connectivity index (χ0) is 15.0. The SMILES string of the molecule is Cc1cc2ncn(CC(N)c3ccccc3C)c2cc1C. The maximum absolute atomic E-state index is 6.40. The van der Waals surface area contributed by atoms with Gasteiger partial charge in [0.15, 0.2) is 0 Å². The van der Waals surface area contributed by atoms with Crippen LogP contribution in [-0.2, 0) is 6.54 Å². The van der Waals surface area contributed by atoms with E-state index in [4.69, 9.17) is 5.73 Å². The summed E-state index contributed by atoms with van der Waals surface area (Å²) < 4.78 is 2.15. The summed E-state index contributed by atoms with van der Waals surface area (Å²) in [4.78, 5) is 4.50. The molecule has 2 aromatic carbocycles. The molecule has 1 unspecified atom stereocenters. The molecule has 1 atom stereocenters. The molecule has 3 heteroatoms. The van der Waals surface area contributed by atoms with Crippen molar-refractivity contribution in [3.8, 4) is 0 Å². The summed E-state index contributed by atoms with van der Waals surface area (Å²) in [7, 11) is 0. The summed E-state index contributed by atoms with van der Waals surface area (Å²) in [6.45, 7) is 7.10. The third-order valence-electron chi connectivity index (χ3n) is 4.22. The summed E-state index contributed by atoms with van der Waals surface area (Å²) in [6.07, 6.45) is 1.89. The number of rotatable bonds is 3. The molecule has 0 fully saturated rings. The van der Waals surface area contributed by atoms with Crippen LogP contribution in [-0.4, -0.2) is 9.55 Å². The largest absolute Gasteiger partial charge is 0.329 e. The minimum atomic E-state index is -0.0230. The van der Waals surface area contributed by atoms with Crippen LogP contribution in [0, 0.1) is 20.8 Å². The van der Waals surface area contributed by atoms with Crippen LogP contribution in [0.25, 0.3) is 11.0 Å². The number of aryl methyl sites for hydroxylation is 3. The Morgan fingerprint density at radius 3 is 2.52 bits per heavy atom. The number of imidazole rings is 1. The van der Waals surface area contributed by atoms with E-state index < -0.39 is 0 Å². The molecule has 108 valence electrons. The molecule has 21 heavy (non-hydrogen) atoms. The topological polar surface area (TPSA) is 43.8 Å². The average Bonchev–Trinajstić information content (AvgIpc) is 2.82. The minimum absolute atomic E-state index is 0.0230. The van der Waals surface area contributed by atoms with Gasteiger partial charge in [0.25, 0.3) is 0 Å². The summed E-state index contributed by atoms with van der Waals surface area (Å²) in [6, 6.07) is 12.6. The van der Waals surface area contributed by atoms with Crippen molar-refractivity contribution < 1.29 is 0 Å². The van der Waals surface area contributed by atoms with Crippen LogP contribution < -0.4 is 5.73 Å². The highest BCUT2D eigenvalue weighted by Crippen LogP contribution is 2.22. The zero-order valence-corrected chi connectivity index (χ0v) is 12.8. The van der Waals surface area contributed by atoms with Gasteiger partial charge in [-0.1, -0.05) is 24.3 Å². The molecule has 1 heterocycles. The fourth-order valence-corrected chi connectivity index (χ4v) is 2.77. The Morgan fingerprint density at radius 2 is 1.76 bits per heavy atom. The Bertz CT molecular complexity index is 786. The van der Waals surface area contributed by atoms with Crippen LogP contribution in [0.5, 0.6) is 0 Å². The average molecular weight is 279 g/mol. The lowest BCUT2D eigenvalue weighted by molar-refractivity contribution is 0.586. The van der Waals surface area contributed by atoms with Gasteiger partial charge in [-0.2, -0.15) is 0 Å². The second kappa shape index (κ2) is 5.34. The summed E-state index contributed by atoms with van der Waals surface area (Å²) in [5, 5.41) is 0. The smallest absolute Gasteiger partial charge is 0.0958 e. The number of hydrogen-bond donors (Lipinski definition) is 1. The van der Waals surface area contributed by atoms with E-state index in [1.807, 2.05) is 18.5 Å². The first-order valence-electron chi connectivity index (χ1n) is 7.29. The second-order valence-electron chi connectivity index (χ2n) is 5.79. The summed E-state index contributed by atoms with van der Waals surface area (Å²) in [5.41, 5.74) is 13.6. The van der Waals surface area contributed by atoms with Crippen molar-refractivity contribution in [2.24, 2.45) is 5.73 Å². The standard InChI is InChI=1S/C18H21N3/c1-12-6-4-5-7-15(12)16(19)10-21-11-20-17-8-13(2)14(3)9-18(17)21/h4-9,11,16H,10,19H2,1-3H3. The number of benzene rings is 2. The van der Waals surface area contributed by atoms with Gasteiger partial charge in [0.05, 0.1) is 17.4 Å². The van der Waals surface area contributed by atoms with Crippen LogP contribution in [0.1, 0.15) is 28.3 Å². The molecular weight excluding hydrogens is 258 g/mol. The molecule has 0 aliphatic rings. The number of nitrogens with two attached hydrogens (primary N) is 1. The van der Waals surface area contributed by atoms with E-state index in [1.54, 1.807) is 0 Å². The van der Waals surface area contributed by atoms with Crippen molar-refractivity contribution in [1.29, 1.82) is 0 Å². The Kier molecular flexibility index (Phi) is 3.52. The maximum atomic E-state index is 6.40. The van der Waals surface area contributed by atoms with E-state index in [-0.39, 0.29) is 6.04 Å². The highest BCUT2D eigenvalue weighted by atomic mass is 15.1. The molecule has 0 radical (unpaired) electrons. The molecule has 3 rings (SSSR count). The van der Waals surface area contributed by atoms with E-state index in [0.29, 0.717) is 0 Å². The lowest BCUT2D eigenvalue weighted by atomic mass is 10.0. The van der Waals surface area contributed by atoms with Gasteiger partial charge >= 0.3 is 0 Å². The third kappa shape index (κ3) is 2.57. The Morgan fingerprint density at radius 1 is 1.05 bits per heavy atom. The molecule has 3 nitrogen and oxygen atoms in total. The number of fused-ring (bicyclic) bond motifs is 1. The van der Waals surface area contributed by atoms with Gasteiger partial charge in [-0.15, -0.1) is 0 Å². The molecule has 0 saturated carbocycles. The van der Waals surface area contributed by atoms with Crippen molar-refractivity contribution in [3.63, 3.8) is 0 Å². The monoisotopic (exact) mass is 279 g/mol. The molecule has 0 saturated heterocycles. The van der Waals surface area contributed by atoms with Crippen molar-refractivity contribution in [2.75, 3.05) is 0 Å². The van der Waals surface area contributed by atoms with Gasteiger partial charge in [0.1, 0.15) is 0 Å². The first kappa shape index (κ1) is 13.8. The van der Waals surface area contributed by atoms with Crippen molar-refractivity contribution in [3.05, 3.63) is 65.0 Å². The van der Waals surface area contributed by atoms with Crippen LogP contribution >= 0.6 is 0 Å². The summed E-state index contributed by atoms with van der Waals surface area (Å²) >= 11 is 0. The predicted octanol–water partition coefficient (Wildman–Crippen LogP) is 3.66. The number of hydrogen-bond acceptors (Lipinski definition) is 2. The maximum Gasteiger partial charge on any atom is 0.0958 e. The normalized spacial score (nSPS) is 12.8. The van der Waals surface area contributed by atoms with Gasteiger partial charge in [-0.3, -0.25) is 0 Å². The predicted molar refractivity (Wildman–Crippen MR) is 87.3 cm³/mol. The highest BCUT2D eigenvalue weighted by molar-refractivity contribution is 5.77. The molecule has 2 N–H and O–H groups in total. The van der Waals surface area contributed by atoms with Crippen LogP contribution in [0.3, 0.4) is 0 Å². The van der Waals surface area contributed by atoms with E-state index in [1.165, 1.54) is 22.3 Å². The van der Waals surface area contributed by atoms with Crippen molar-refractivity contribution in [1.82, 2.24) is 9.55 Å². The van der Waals surface area contributed by atoms with Crippen molar-refractivity contribution in [2.45, 2.75) is 33.4 Å². The fourth-order valence-electron chi connectivity index (χ4n) is 2.77.